The van der Waals surface area contributed by atoms with Gasteiger partial charge in [-0.3, -0.25) is 0 Å². The molecule has 0 saturated carbocycles. The van der Waals surface area contributed by atoms with Crippen LogP contribution in [0.25, 0.3) is 21.9 Å². The summed E-state index contributed by atoms with van der Waals surface area (Å²) in [6.45, 7) is 0. The van der Waals surface area contributed by atoms with Crippen LogP contribution in [0.5, 0.6) is 17.2 Å². The third kappa shape index (κ3) is 4.70. The Morgan fingerprint density at radius 2 is 1.17 bits per heavy atom. The number of hydrogen-bond acceptors (Lipinski definition) is 8. The number of halogens is 1. The molecular weight excluding hydrogens is 548 g/mol. The zero-order chi connectivity index (χ0) is 28.7. The van der Waals surface area contributed by atoms with Gasteiger partial charge in [0.25, 0.3) is 0 Å². The number of aromatic hydroxyl groups is 2. The molecule has 2 heterocycles. The van der Waals surface area contributed by atoms with E-state index in [1.54, 1.807) is 48.5 Å². The van der Waals surface area contributed by atoms with E-state index >= 15 is 0 Å². The van der Waals surface area contributed by atoms with E-state index < -0.39 is 34.6 Å². The Morgan fingerprint density at radius 3 is 1.68 bits per heavy atom. The van der Waals surface area contributed by atoms with Crippen LogP contribution in [-0.2, 0) is 0 Å². The van der Waals surface area contributed by atoms with Crippen molar-refractivity contribution >= 4 is 39.5 Å². The van der Waals surface area contributed by atoms with Crippen LogP contribution in [0.4, 0.5) is 0 Å². The van der Waals surface area contributed by atoms with E-state index in [0.29, 0.717) is 10.6 Å². The summed E-state index contributed by atoms with van der Waals surface area (Å²) in [7, 11) is 0. The second-order valence-electron chi connectivity index (χ2n) is 9.19. The van der Waals surface area contributed by atoms with Crippen LogP contribution in [0, 0.1) is 0 Å². The minimum absolute atomic E-state index is 0.150. The predicted octanol–water partition coefficient (Wildman–Crippen LogP) is 6.36. The van der Waals surface area contributed by atoms with Gasteiger partial charge in [-0.25, -0.2) is 14.4 Å². The molecule has 0 aliphatic carbocycles. The van der Waals surface area contributed by atoms with Crippen molar-refractivity contribution in [3.8, 4) is 17.2 Å². The first-order chi connectivity index (χ1) is 19.8. The lowest BCUT2D eigenvalue weighted by Gasteiger charge is -2.20. The minimum Gasteiger partial charge on any atom is -0.507 e. The number of esters is 1. The van der Waals surface area contributed by atoms with Crippen molar-refractivity contribution in [2.24, 2.45) is 0 Å². The van der Waals surface area contributed by atoms with E-state index in [0.717, 1.165) is 0 Å². The largest absolute Gasteiger partial charge is 0.507 e. The van der Waals surface area contributed by atoms with Crippen LogP contribution < -0.4 is 16.0 Å². The van der Waals surface area contributed by atoms with Crippen LogP contribution in [0.2, 0.25) is 5.02 Å². The lowest BCUT2D eigenvalue weighted by molar-refractivity contribution is 0.0734. The van der Waals surface area contributed by atoms with Crippen molar-refractivity contribution in [3.63, 3.8) is 0 Å². The van der Waals surface area contributed by atoms with Gasteiger partial charge in [0.2, 0.25) is 0 Å². The lowest BCUT2D eigenvalue weighted by atomic mass is 9.84. The summed E-state index contributed by atoms with van der Waals surface area (Å²) >= 11 is 5.89. The fourth-order valence-corrected chi connectivity index (χ4v) is 4.89. The van der Waals surface area contributed by atoms with Crippen molar-refractivity contribution in [2.75, 3.05) is 0 Å². The molecule has 2 N–H and O–H groups in total. The summed E-state index contributed by atoms with van der Waals surface area (Å²) in [6, 6.07) is 24.9. The SMILES string of the molecule is O=C(Oc1ccc(C(c2c(O)c3ccccc3oc2=O)c2c(O)c3ccccc3oc2=O)cc1)c1ccc(Cl)cc1. The van der Waals surface area contributed by atoms with Crippen LogP contribution in [0.15, 0.2) is 115 Å². The highest BCUT2D eigenvalue weighted by Crippen LogP contribution is 2.42. The van der Waals surface area contributed by atoms with Crippen LogP contribution >= 0.6 is 11.6 Å². The molecule has 0 fully saturated rings. The topological polar surface area (TPSA) is 127 Å². The van der Waals surface area contributed by atoms with E-state index in [1.807, 2.05) is 0 Å². The Hall–Kier alpha value is -5.34. The van der Waals surface area contributed by atoms with Gasteiger partial charge in [-0.15, -0.1) is 0 Å². The molecule has 0 spiro atoms. The molecule has 2 aromatic heterocycles. The number of fused-ring (bicyclic) bond motifs is 2. The number of carbonyl (C=O) groups is 1. The summed E-state index contributed by atoms with van der Waals surface area (Å²) in [6.07, 6.45) is 0. The van der Waals surface area contributed by atoms with Crippen molar-refractivity contribution in [3.05, 3.63) is 145 Å². The highest BCUT2D eigenvalue weighted by molar-refractivity contribution is 6.30. The smallest absolute Gasteiger partial charge is 0.344 e. The van der Waals surface area contributed by atoms with Crippen molar-refractivity contribution in [1.82, 2.24) is 0 Å². The molecule has 0 unspecified atom stereocenters. The monoisotopic (exact) mass is 566 g/mol. The molecular formula is C32H19ClO8. The number of carbonyl (C=O) groups excluding carboxylic acids is 1. The van der Waals surface area contributed by atoms with E-state index in [4.69, 9.17) is 25.2 Å². The fraction of sp³-hybridized carbons (Fsp3) is 0.0312. The first kappa shape index (κ1) is 25.9. The quantitative estimate of drug-likeness (QED) is 0.140. The van der Waals surface area contributed by atoms with Crippen molar-refractivity contribution in [2.45, 2.75) is 5.92 Å². The number of para-hydroxylation sites is 2. The first-order valence-electron chi connectivity index (χ1n) is 12.4. The normalized spacial score (nSPS) is 11.3. The molecule has 41 heavy (non-hydrogen) atoms. The molecule has 0 aliphatic heterocycles. The minimum atomic E-state index is -1.31. The molecule has 0 amide bonds. The Morgan fingerprint density at radius 1 is 0.683 bits per heavy atom. The van der Waals surface area contributed by atoms with Gasteiger partial charge in [-0.2, -0.15) is 0 Å². The molecule has 9 heteroatoms. The summed E-state index contributed by atoms with van der Waals surface area (Å²) in [4.78, 5) is 39.2. The van der Waals surface area contributed by atoms with Crippen molar-refractivity contribution < 1.29 is 28.6 Å². The molecule has 6 rings (SSSR count). The summed E-state index contributed by atoms with van der Waals surface area (Å²) in [5.74, 6) is -2.57. The highest BCUT2D eigenvalue weighted by Gasteiger charge is 2.32. The van der Waals surface area contributed by atoms with E-state index in [-0.39, 0.29) is 44.4 Å². The van der Waals surface area contributed by atoms with Gasteiger partial charge in [-0.1, -0.05) is 48.0 Å². The third-order valence-electron chi connectivity index (χ3n) is 6.72. The maximum absolute atomic E-state index is 13.3. The van der Waals surface area contributed by atoms with E-state index in [9.17, 15) is 24.6 Å². The van der Waals surface area contributed by atoms with Gasteiger partial charge in [0, 0.05) is 5.02 Å². The predicted molar refractivity (Wildman–Crippen MR) is 152 cm³/mol. The average Bonchev–Trinajstić information content (AvgIpc) is 2.97. The molecule has 0 atom stereocenters. The molecule has 4 aromatic carbocycles. The summed E-state index contributed by atoms with van der Waals surface area (Å²) in [5.41, 5.74) is -1.46. The maximum atomic E-state index is 13.3. The van der Waals surface area contributed by atoms with E-state index in [1.165, 1.54) is 48.5 Å². The highest BCUT2D eigenvalue weighted by atomic mass is 35.5. The molecule has 202 valence electrons. The Balaban J connectivity index is 1.51. The molecule has 0 radical (unpaired) electrons. The summed E-state index contributed by atoms with van der Waals surface area (Å²) in [5, 5.41) is 23.5. The van der Waals surface area contributed by atoms with Gasteiger partial charge in [0.1, 0.15) is 28.4 Å². The van der Waals surface area contributed by atoms with Gasteiger partial charge < -0.3 is 23.8 Å². The summed E-state index contributed by atoms with van der Waals surface area (Å²) < 4.78 is 16.4. The van der Waals surface area contributed by atoms with Crippen LogP contribution in [0.1, 0.15) is 33.0 Å². The average molecular weight is 567 g/mol. The van der Waals surface area contributed by atoms with Crippen molar-refractivity contribution in [1.29, 1.82) is 0 Å². The fourth-order valence-electron chi connectivity index (χ4n) is 4.76. The second kappa shape index (κ2) is 10.3. The Labute approximate surface area is 236 Å². The number of hydrogen-bond donors (Lipinski definition) is 2. The third-order valence-corrected chi connectivity index (χ3v) is 6.97. The molecule has 0 bridgehead atoms. The lowest BCUT2D eigenvalue weighted by Crippen LogP contribution is -2.21. The molecule has 0 aliphatic rings. The number of ether oxygens (including phenoxy) is 1. The maximum Gasteiger partial charge on any atom is 0.344 e. The van der Waals surface area contributed by atoms with Gasteiger partial charge >= 0.3 is 17.2 Å². The molecule has 6 aromatic rings. The van der Waals surface area contributed by atoms with E-state index in [2.05, 4.69) is 0 Å². The van der Waals surface area contributed by atoms with Gasteiger partial charge in [-0.05, 0) is 66.2 Å². The van der Waals surface area contributed by atoms with Crippen LogP contribution in [0.3, 0.4) is 0 Å². The number of rotatable bonds is 5. The Kier molecular flexibility index (Phi) is 6.53. The van der Waals surface area contributed by atoms with Gasteiger partial charge in [0.15, 0.2) is 0 Å². The van der Waals surface area contributed by atoms with Crippen LogP contribution in [-0.4, -0.2) is 16.2 Å². The number of benzene rings is 4. The molecule has 0 saturated heterocycles. The zero-order valence-electron chi connectivity index (χ0n) is 21.0. The standard InChI is InChI=1S/C32H19ClO8/c33-19-13-9-18(10-14-19)30(36)39-20-15-11-17(12-16-20)25(26-28(34)21-5-1-3-7-23(21)40-31(26)37)27-29(35)22-6-2-4-8-24(22)41-32(27)38/h1-16,25,34-35H. The first-order valence-corrected chi connectivity index (χ1v) is 12.8. The molecule has 8 nitrogen and oxygen atoms in total. The zero-order valence-corrected chi connectivity index (χ0v) is 21.8. The Bertz CT molecular complexity index is 1960. The second-order valence-corrected chi connectivity index (χ2v) is 9.63. The van der Waals surface area contributed by atoms with Gasteiger partial charge in [0.05, 0.1) is 33.4 Å².